The van der Waals surface area contributed by atoms with E-state index in [2.05, 4.69) is 11.9 Å². The summed E-state index contributed by atoms with van der Waals surface area (Å²) in [5.41, 5.74) is 9.96. The number of anilines is 1. The molecule has 1 heterocycles. The van der Waals surface area contributed by atoms with Crippen LogP contribution < -0.4 is 15.2 Å². The molecule has 0 atom stereocenters. The minimum Gasteiger partial charge on any atom is -0.490 e. The number of fused-ring (bicyclic) bond motifs is 1. The lowest BCUT2D eigenvalue weighted by molar-refractivity contribution is 0.288. The van der Waals surface area contributed by atoms with Crippen LogP contribution in [0.1, 0.15) is 32.0 Å². The van der Waals surface area contributed by atoms with Crippen molar-refractivity contribution < 1.29 is 9.47 Å². The Hall–Kier alpha value is -1.97. The van der Waals surface area contributed by atoms with Crippen LogP contribution in [0.4, 0.5) is 5.69 Å². The van der Waals surface area contributed by atoms with Crippen LogP contribution in [0.3, 0.4) is 0 Å². The van der Waals surface area contributed by atoms with E-state index >= 15 is 0 Å². The molecule has 0 aliphatic rings. The second-order valence-corrected chi connectivity index (χ2v) is 4.63. The average molecular weight is 274 g/mol. The molecule has 0 bridgehead atoms. The van der Waals surface area contributed by atoms with Gasteiger partial charge in [-0.1, -0.05) is 6.92 Å². The zero-order chi connectivity index (χ0) is 14.7. The summed E-state index contributed by atoms with van der Waals surface area (Å²) < 4.78 is 11.3. The van der Waals surface area contributed by atoms with E-state index in [-0.39, 0.29) is 0 Å². The Balaban J connectivity index is 2.69. The smallest absolute Gasteiger partial charge is 0.163 e. The fourth-order valence-electron chi connectivity index (χ4n) is 2.32. The predicted octanol–water partition coefficient (Wildman–Crippen LogP) is 3.49. The molecule has 4 nitrogen and oxygen atoms in total. The van der Waals surface area contributed by atoms with Crippen molar-refractivity contribution in [1.82, 2.24) is 4.98 Å². The Morgan fingerprint density at radius 2 is 1.65 bits per heavy atom. The molecule has 2 aromatic rings. The maximum atomic E-state index is 6.25. The summed E-state index contributed by atoms with van der Waals surface area (Å²) in [6.45, 7) is 9.18. The van der Waals surface area contributed by atoms with Crippen LogP contribution >= 0.6 is 0 Å². The summed E-state index contributed by atoms with van der Waals surface area (Å²) in [5, 5.41) is 0.923. The highest BCUT2D eigenvalue weighted by atomic mass is 16.5. The molecule has 20 heavy (non-hydrogen) atoms. The summed E-state index contributed by atoms with van der Waals surface area (Å²) >= 11 is 0. The van der Waals surface area contributed by atoms with Gasteiger partial charge >= 0.3 is 0 Å². The normalized spacial score (nSPS) is 10.8. The van der Waals surface area contributed by atoms with Crippen LogP contribution in [0.2, 0.25) is 0 Å². The maximum Gasteiger partial charge on any atom is 0.163 e. The maximum absolute atomic E-state index is 6.25. The Morgan fingerprint density at radius 1 is 1.05 bits per heavy atom. The fourth-order valence-corrected chi connectivity index (χ4v) is 2.32. The summed E-state index contributed by atoms with van der Waals surface area (Å²) in [4.78, 5) is 4.68. The zero-order valence-electron chi connectivity index (χ0n) is 12.6. The van der Waals surface area contributed by atoms with E-state index in [0.717, 1.165) is 45.8 Å². The first-order valence-electron chi connectivity index (χ1n) is 7.10. The highest BCUT2D eigenvalue weighted by Crippen LogP contribution is 2.36. The quantitative estimate of drug-likeness (QED) is 0.906. The number of ether oxygens (including phenoxy) is 2. The number of nitrogens with zero attached hydrogens (tertiary/aromatic N) is 1. The first-order chi connectivity index (χ1) is 9.62. The molecule has 0 aliphatic carbocycles. The van der Waals surface area contributed by atoms with E-state index < -0.39 is 0 Å². The lowest BCUT2D eigenvalue weighted by atomic mass is 10.1. The van der Waals surface area contributed by atoms with E-state index in [1.54, 1.807) is 0 Å². The van der Waals surface area contributed by atoms with Crippen molar-refractivity contribution in [2.75, 3.05) is 18.9 Å². The van der Waals surface area contributed by atoms with Gasteiger partial charge in [-0.15, -0.1) is 0 Å². The SMILES string of the molecule is CCOc1cc2nc(CC)c(C)c(N)c2cc1OCC. The van der Waals surface area contributed by atoms with Gasteiger partial charge in [-0.2, -0.15) is 0 Å². The van der Waals surface area contributed by atoms with Crippen molar-refractivity contribution in [2.45, 2.75) is 34.1 Å². The minimum absolute atomic E-state index is 0.588. The molecular formula is C16H22N2O2. The van der Waals surface area contributed by atoms with Crippen LogP contribution in [0.5, 0.6) is 11.5 Å². The monoisotopic (exact) mass is 274 g/mol. The van der Waals surface area contributed by atoms with Crippen molar-refractivity contribution in [3.05, 3.63) is 23.4 Å². The second-order valence-electron chi connectivity index (χ2n) is 4.63. The second kappa shape index (κ2) is 5.99. The van der Waals surface area contributed by atoms with E-state index in [1.807, 2.05) is 32.9 Å². The lowest BCUT2D eigenvalue weighted by Crippen LogP contribution is -2.03. The molecule has 2 rings (SSSR count). The van der Waals surface area contributed by atoms with E-state index in [0.29, 0.717) is 13.2 Å². The van der Waals surface area contributed by atoms with Crippen LogP contribution in [0.15, 0.2) is 12.1 Å². The number of aryl methyl sites for hydroxylation is 1. The minimum atomic E-state index is 0.588. The van der Waals surface area contributed by atoms with Gasteiger partial charge in [0.05, 0.1) is 18.7 Å². The summed E-state index contributed by atoms with van der Waals surface area (Å²) in [7, 11) is 0. The number of pyridine rings is 1. The molecule has 0 spiro atoms. The Labute approximate surface area is 119 Å². The van der Waals surface area contributed by atoms with Crippen LogP contribution in [-0.2, 0) is 6.42 Å². The van der Waals surface area contributed by atoms with Gasteiger partial charge < -0.3 is 15.2 Å². The van der Waals surface area contributed by atoms with Gasteiger partial charge in [-0.05, 0) is 38.8 Å². The number of aromatic nitrogens is 1. The van der Waals surface area contributed by atoms with Gasteiger partial charge in [0.2, 0.25) is 0 Å². The van der Waals surface area contributed by atoms with E-state index in [1.165, 1.54) is 0 Å². The zero-order valence-corrected chi connectivity index (χ0v) is 12.6. The molecule has 0 amide bonds. The van der Waals surface area contributed by atoms with Gasteiger partial charge in [0, 0.05) is 22.8 Å². The van der Waals surface area contributed by atoms with Gasteiger partial charge in [0.1, 0.15) is 0 Å². The number of hydrogen-bond donors (Lipinski definition) is 1. The molecule has 2 N–H and O–H groups in total. The lowest BCUT2D eigenvalue weighted by Gasteiger charge is -2.15. The van der Waals surface area contributed by atoms with E-state index in [9.17, 15) is 0 Å². The van der Waals surface area contributed by atoms with Gasteiger partial charge in [0.25, 0.3) is 0 Å². The number of nitrogen functional groups attached to an aromatic ring is 1. The van der Waals surface area contributed by atoms with Crippen LogP contribution in [0, 0.1) is 6.92 Å². The molecule has 1 aromatic carbocycles. The third-order valence-electron chi connectivity index (χ3n) is 3.38. The molecule has 0 fully saturated rings. The molecule has 1 aromatic heterocycles. The number of hydrogen-bond acceptors (Lipinski definition) is 4. The van der Waals surface area contributed by atoms with Gasteiger partial charge in [-0.3, -0.25) is 4.98 Å². The van der Waals surface area contributed by atoms with E-state index in [4.69, 9.17) is 15.2 Å². The predicted molar refractivity (Wildman–Crippen MR) is 82.6 cm³/mol. The molecule has 4 heteroatoms. The highest BCUT2D eigenvalue weighted by Gasteiger charge is 2.13. The molecule has 0 radical (unpaired) electrons. The van der Waals surface area contributed by atoms with Crippen LogP contribution in [-0.4, -0.2) is 18.2 Å². The third-order valence-corrected chi connectivity index (χ3v) is 3.38. The highest BCUT2D eigenvalue weighted by molar-refractivity contribution is 5.94. The topological polar surface area (TPSA) is 57.4 Å². The summed E-state index contributed by atoms with van der Waals surface area (Å²) in [6, 6.07) is 3.84. The third kappa shape index (κ3) is 2.50. The average Bonchev–Trinajstić information content (AvgIpc) is 2.44. The molecule has 0 saturated carbocycles. The molecule has 0 saturated heterocycles. The van der Waals surface area contributed by atoms with Crippen molar-refractivity contribution in [3.8, 4) is 11.5 Å². The largest absolute Gasteiger partial charge is 0.490 e. The number of nitrogens with two attached hydrogens (primary N) is 1. The van der Waals surface area contributed by atoms with Crippen molar-refractivity contribution >= 4 is 16.6 Å². The molecular weight excluding hydrogens is 252 g/mol. The van der Waals surface area contributed by atoms with Gasteiger partial charge in [-0.25, -0.2) is 0 Å². The first-order valence-corrected chi connectivity index (χ1v) is 7.10. The van der Waals surface area contributed by atoms with Crippen molar-refractivity contribution in [2.24, 2.45) is 0 Å². The Bertz CT molecular complexity index is 624. The van der Waals surface area contributed by atoms with Crippen LogP contribution in [0.25, 0.3) is 10.9 Å². The molecule has 0 aliphatic heterocycles. The van der Waals surface area contributed by atoms with Crippen molar-refractivity contribution in [1.29, 1.82) is 0 Å². The summed E-state index contributed by atoms with van der Waals surface area (Å²) in [6.07, 6.45) is 0.864. The number of benzene rings is 1. The standard InChI is InChI=1S/C16H22N2O2/c1-5-12-10(4)16(17)11-8-14(19-6-2)15(20-7-3)9-13(11)18-12/h8-9H,5-7H2,1-4H3,(H2,17,18). The van der Waals surface area contributed by atoms with Crippen molar-refractivity contribution in [3.63, 3.8) is 0 Å². The Kier molecular flexibility index (Phi) is 4.32. The van der Waals surface area contributed by atoms with Gasteiger partial charge in [0.15, 0.2) is 11.5 Å². The number of rotatable bonds is 5. The molecule has 0 unspecified atom stereocenters. The Morgan fingerprint density at radius 3 is 2.20 bits per heavy atom. The summed E-state index contributed by atoms with van der Waals surface area (Å²) in [5.74, 6) is 1.44. The fraction of sp³-hybridized carbons (Fsp3) is 0.438. The first kappa shape index (κ1) is 14.4. The molecule has 108 valence electrons.